The largest absolute Gasteiger partial charge is 0.330 e. The van der Waals surface area contributed by atoms with Gasteiger partial charge in [0.05, 0.1) is 0 Å². The maximum Gasteiger partial charge on any atom is 0.178 e. The van der Waals surface area contributed by atoms with Crippen LogP contribution in [0.2, 0.25) is 0 Å². The summed E-state index contributed by atoms with van der Waals surface area (Å²) in [5.74, 6) is 0. The van der Waals surface area contributed by atoms with E-state index in [4.69, 9.17) is 5.73 Å². The number of rotatable bonds is 6. The highest BCUT2D eigenvalue weighted by Gasteiger charge is 2.10. The molecule has 2 nitrogen and oxygen atoms in total. The van der Waals surface area contributed by atoms with E-state index < -0.39 is 0 Å². The van der Waals surface area contributed by atoms with Gasteiger partial charge in [0.1, 0.15) is 6.54 Å². The fourth-order valence-corrected chi connectivity index (χ4v) is 2.26. The lowest BCUT2D eigenvalue weighted by Crippen LogP contribution is -2.40. The summed E-state index contributed by atoms with van der Waals surface area (Å²) in [5, 5.41) is 0. The first-order valence-electron chi connectivity index (χ1n) is 6.33. The van der Waals surface area contributed by atoms with E-state index in [1.165, 1.54) is 36.2 Å². The molecule has 1 heterocycles. The number of nitrogens with two attached hydrogens (primary N) is 1. The minimum absolute atomic E-state index is 0.829. The van der Waals surface area contributed by atoms with Crippen LogP contribution in [0.5, 0.6) is 0 Å². The van der Waals surface area contributed by atoms with Crippen LogP contribution in [0.3, 0.4) is 0 Å². The fraction of sp³-hybridized carbons (Fsp3) is 0.643. The van der Waals surface area contributed by atoms with Gasteiger partial charge in [-0.15, -0.1) is 0 Å². The number of aryl methyl sites for hydroxylation is 3. The molecule has 0 radical (unpaired) electrons. The van der Waals surface area contributed by atoms with E-state index in [-0.39, 0.29) is 0 Å². The molecule has 0 aliphatic rings. The molecule has 0 saturated heterocycles. The topological polar surface area (TPSA) is 29.9 Å². The van der Waals surface area contributed by atoms with E-state index in [9.17, 15) is 0 Å². The zero-order valence-corrected chi connectivity index (χ0v) is 10.9. The predicted molar refractivity (Wildman–Crippen MR) is 68.4 cm³/mol. The van der Waals surface area contributed by atoms with Crippen molar-refractivity contribution in [2.75, 3.05) is 6.54 Å². The third kappa shape index (κ3) is 3.93. The van der Waals surface area contributed by atoms with Crippen molar-refractivity contribution in [1.82, 2.24) is 0 Å². The summed E-state index contributed by atoms with van der Waals surface area (Å²) >= 11 is 0. The molecule has 0 bridgehead atoms. The van der Waals surface area contributed by atoms with Crippen molar-refractivity contribution in [1.29, 1.82) is 0 Å². The standard InChI is InChI=1S/C14H25N2/c1-12-10-13(2)16(14(3)11-12)9-7-5-4-6-8-15/h10-11H,4-9,15H2,1-3H3/q+1. The second-order valence-electron chi connectivity index (χ2n) is 4.67. The number of hydrogen-bond donors (Lipinski definition) is 1. The average molecular weight is 221 g/mol. The molecule has 16 heavy (non-hydrogen) atoms. The van der Waals surface area contributed by atoms with E-state index in [1.807, 2.05) is 0 Å². The van der Waals surface area contributed by atoms with Gasteiger partial charge in [-0.05, 0) is 31.9 Å². The third-order valence-corrected chi connectivity index (χ3v) is 3.06. The number of nitrogens with zero attached hydrogens (tertiary/aromatic N) is 1. The molecule has 0 aliphatic heterocycles. The Hall–Kier alpha value is -0.890. The molecule has 2 heteroatoms. The van der Waals surface area contributed by atoms with Crippen molar-refractivity contribution in [3.8, 4) is 0 Å². The minimum atomic E-state index is 0.829. The Kier molecular flexibility index (Phi) is 5.47. The van der Waals surface area contributed by atoms with Crippen LogP contribution in [-0.2, 0) is 6.54 Å². The molecule has 0 atom stereocenters. The second kappa shape index (κ2) is 6.64. The van der Waals surface area contributed by atoms with Crippen molar-refractivity contribution in [2.24, 2.45) is 5.73 Å². The van der Waals surface area contributed by atoms with Gasteiger partial charge in [-0.2, -0.15) is 0 Å². The molecule has 0 fully saturated rings. The molecule has 0 saturated carbocycles. The fourth-order valence-electron chi connectivity index (χ4n) is 2.26. The molecule has 1 rings (SSSR count). The van der Waals surface area contributed by atoms with E-state index in [1.54, 1.807) is 0 Å². The molecule has 0 aromatic carbocycles. The molecule has 1 aromatic rings. The van der Waals surface area contributed by atoms with Crippen molar-refractivity contribution in [3.05, 3.63) is 29.1 Å². The smallest absolute Gasteiger partial charge is 0.178 e. The summed E-state index contributed by atoms with van der Waals surface area (Å²) in [6.45, 7) is 8.52. The molecular formula is C14H25N2+. The highest BCUT2D eigenvalue weighted by Crippen LogP contribution is 2.04. The zero-order valence-electron chi connectivity index (χ0n) is 10.9. The summed E-state index contributed by atoms with van der Waals surface area (Å²) in [6.07, 6.45) is 4.98. The van der Waals surface area contributed by atoms with Gasteiger partial charge >= 0.3 is 0 Å². The van der Waals surface area contributed by atoms with Crippen molar-refractivity contribution in [3.63, 3.8) is 0 Å². The first kappa shape index (κ1) is 13.2. The highest BCUT2D eigenvalue weighted by atomic mass is 15.0. The van der Waals surface area contributed by atoms with Crippen LogP contribution in [0.15, 0.2) is 12.1 Å². The van der Waals surface area contributed by atoms with Crippen LogP contribution in [0.4, 0.5) is 0 Å². The zero-order chi connectivity index (χ0) is 12.0. The predicted octanol–water partition coefficient (Wildman–Crippen LogP) is 2.42. The van der Waals surface area contributed by atoms with Crippen molar-refractivity contribution >= 4 is 0 Å². The first-order valence-corrected chi connectivity index (χ1v) is 6.33. The van der Waals surface area contributed by atoms with Gasteiger partial charge in [-0.25, -0.2) is 4.57 Å². The first-order chi connectivity index (χ1) is 7.65. The Bertz CT molecular complexity index is 309. The van der Waals surface area contributed by atoms with Gasteiger partial charge in [0.2, 0.25) is 0 Å². The van der Waals surface area contributed by atoms with Gasteiger partial charge in [-0.3, -0.25) is 0 Å². The highest BCUT2D eigenvalue weighted by molar-refractivity contribution is 5.13. The molecule has 0 amide bonds. The Morgan fingerprint density at radius 1 is 0.938 bits per heavy atom. The van der Waals surface area contributed by atoms with Gasteiger partial charge in [0.25, 0.3) is 0 Å². The van der Waals surface area contributed by atoms with Crippen LogP contribution in [0.1, 0.15) is 42.6 Å². The maximum atomic E-state index is 5.48. The SMILES string of the molecule is Cc1cc(C)[n+](CCCCCCN)c(C)c1. The minimum Gasteiger partial charge on any atom is -0.330 e. The molecule has 0 spiro atoms. The lowest BCUT2D eigenvalue weighted by molar-refractivity contribution is -0.709. The summed E-state index contributed by atoms with van der Waals surface area (Å²) in [6, 6.07) is 4.51. The molecule has 0 aliphatic carbocycles. The van der Waals surface area contributed by atoms with Crippen LogP contribution < -0.4 is 10.3 Å². The van der Waals surface area contributed by atoms with Crippen molar-refractivity contribution < 1.29 is 4.57 Å². The number of aromatic nitrogens is 1. The van der Waals surface area contributed by atoms with Gasteiger partial charge in [0, 0.05) is 32.4 Å². The lowest BCUT2D eigenvalue weighted by atomic mass is 10.1. The monoisotopic (exact) mass is 221 g/mol. The Balaban J connectivity index is 2.47. The van der Waals surface area contributed by atoms with E-state index in [0.717, 1.165) is 19.5 Å². The van der Waals surface area contributed by atoms with Gasteiger partial charge < -0.3 is 5.73 Å². The Labute approximate surface area is 99.5 Å². The number of pyridine rings is 1. The average Bonchev–Trinajstić information content (AvgIpc) is 2.20. The van der Waals surface area contributed by atoms with Gasteiger partial charge in [-0.1, -0.05) is 6.42 Å². The molecule has 90 valence electrons. The van der Waals surface area contributed by atoms with Crippen LogP contribution in [0, 0.1) is 20.8 Å². The second-order valence-corrected chi connectivity index (χ2v) is 4.67. The molecule has 1 aromatic heterocycles. The lowest BCUT2D eigenvalue weighted by Gasteiger charge is -2.05. The van der Waals surface area contributed by atoms with Crippen LogP contribution in [-0.4, -0.2) is 6.54 Å². The number of unbranched alkanes of at least 4 members (excludes halogenated alkanes) is 3. The Morgan fingerprint density at radius 3 is 2.06 bits per heavy atom. The maximum absolute atomic E-state index is 5.48. The quantitative estimate of drug-likeness (QED) is 0.580. The summed E-state index contributed by atoms with van der Waals surface area (Å²) in [7, 11) is 0. The third-order valence-electron chi connectivity index (χ3n) is 3.06. The van der Waals surface area contributed by atoms with Crippen LogP contribution in [0.25, 0.3) is 0 Å². The van der Waals surface area contributed by atoms with Gasteiger partial charge in [0.15, 0.2) is 11.4 Å². The summed E-state index contributed by atoms with van der Waals surface area (Å²) in [4.78, 5) is 0. The summed E-state index contributed by atoms with van der Waals surface area (Å²) in [5.41, 5.74) is 9.58. The normalized spacial score (nSPS) is 10.8. The summed E-state index contributed by atoms with van der Waals surface area (Å²) < 4.78 is 2.41. The molecule has 0 unspecified atom stereocenters. The van der Waals surface area contributed by atoms with E-state index >= 15 is 0 Å². The Morgan fingerprint density at radius 2 is 1.50 bits per heavy atom. The number of hydrogen-bond acceptors (Lipinski definition) is 1. The van der Waals surface area contributed by atoms with Crippen molar-refractivity contribution in [2.45, 2.75) is 53.0 Å². The van der Waals surface area contributed by atoms with E-state index in [2.05, 4.69) is 37.5 Å². The van der Waals surface area contributed by atoms with Crippen LogP contribution >= 0.6 is 0 Å². The molecule has 2 N–H and O–H groups in total. The van der Waals surface area contributed by atoms with E-state index in [0.29, 0.717) is 0 Å². The molecular weight excluding hydrogens is 196 g/mol.